The van der Waals surface area contributed by atoms with Crippen LogP contribution in [-0.4, -0.2) is 23.5 Å². The van der Waals surface area contributed by atoms with Gasteiger partial charge in [-0.2, -0.15) is 0 Å². The highest BCUT2D eigenvalue weighted by atomic mass is 79.9. The minimum absolute atomic E-state index is 0.0650. The van der Waals surface area contributed by atoms with Crippen LogP contribution in [0.1, 0.15) is 10.4 Å². The summed E-state index contributed by atoms with van der Waals surface area (Å²) in [6.07, 6.45) is 0. The van der Waals surface area contributed by atoms with Crippen molar-refractivity contribution in [2.24, 2.45) is 0 Å². The summed E-state index contributed by atoms with van der Waals surface area (Å²) in [6.45, 7) is -0.220. The molecule has 9 heteroatoms. The van der Waals surface area contributed by atoms with Gasteiger partial charge in [0, 0.05) is 4.47 Å². The van der Waals surface area contributed by atoms with E-state index in [2.05, 4.69) is 32.1 Å². The molecule has 0 heterocycles. The van der Waals surface area contributed by atoms with Gasteiger partial charge in [-0.15, -0.1) is 0 Å². The van der Waals surface area contributed by atoms with Gasteiger partial charge in [0.2, 0.25) is 0 Å². The molecule has 0 unspecified atom stereocenters. The lowest BCUT2D eigenvalue weighted by Crippen LogP contribution is -2.49. The summed E-state index contributed by atoms with van der Waals surface area (Å²) >= 11 is 14.1. The van der Waals surface area contributed by atoms with Gasteiger partial charge < -0.3 is 4.74 Å². The van der Waals surface area contributed by atoms with E-state index in [1.807, 2.05) is 0 Å². The van der Waals surface area contributed by atoms with Crippen LogP contribution in [0.3, 0.4) is 0 Å². The molecular formula is C16H13BrClN3O3S. The first-order valence-electron chi connectivity index (χ1n) is 6.99. The number of nitrogens with one attached hydrogen (secondary N) is 3. The summed E-state index contributed by atoms with van der Waals surface area (Å²) in [5, 5.41) is 2.62. The number of rotatable bonds is 4. The molecule has 2 rings (SSSR count). The molecule has 0 aliphatic carbocycles. The minimum Gasteiger partial charge on any atom is -0.484 e. The zero-order chi connectivity index (χ0) is 18.2. The van der Waals surface area contributed by atoms with Crippen LogP contribution in [0.15, 0.2) is 53.0 Å². The molecule has 2 aromatic carbocycles. The number of halogens is 2. The first kappa shape index (κ1) is 19.2. The van der Waals surface area contributed by atoms with Gasteiger partial charge in [-0.1, -0.05) is 39.7 Å². The topological polar surface area (TPSA) is 79.5 Å². The van der Waals surface area contributed by atoms with Crippen LogP contribution in [0.25, 0.3) is 0 Å². The van der Waals surface area contributed by atoms with E-state index < -0.39 is 11.8 Å². The Bertz CT molecular complexity index is 786. The molecule has 2 aromatic rings. The third-order valence-electron chi connectivity index (χ3n) is 2.84. The Kier molecular flexibility index (Phi) is 7.17. The van der Waals surface area contributed by atoms with Crippen LogP contribution < -0.4 is 20.9 Å². The summed E-state index contributed by atoms with van der Waals surface area (Å²) in [7, 11) is 0. The van der Waals surface area contributed by atoms with Gasteiger partial charge in [0.15, 0.2) is 11.7 Å². The highest BCUT2D eigenvalue weighted by Crippen LogP contribution is 2.16. The van der Waals surface area contributed by atoms with E-state index in [0.29, 0.717) is 10.8 Å². The second kappa shape index (κ2) is 9.36. The number of hydrogen-bond acceptors (Lipinski definition) is 4. The van der Waals surface area contributed by atoms with E-state index in [1.54, 1.807) is 48.5 Å². The van der Waals surface area contributed by atoms with E-state index in [9.17, 15) is 9.59 Å². The summed E-state index contributed by atoms with van der Waals surface area (Å²) in [5.41, 5.74) is 5.06. The van der Waals surface area contributed by atoms with Crippen molar-refractivity contribution in [1.29, 1.82) is 0 Å². The highest BCUT2D eigenvalue weighted by molar-refractivity contribution is 9.10. The molecule has 130 valence electrons. The first-order chi connectivity index (χ1) is 12.0. The fourth-order valence-electron chi connectivity index (χ4n) is 1.70. The summed E-state index contributed by atoms with van der Waals surface area (Å²) in [4.78, 5) is 23.7. The van der Waals surface area contributed by atoms with Crippen LogP contribution in [0.4, 0.5) is 0 Å². The van der Waals surface area contributed by atoms with Crippen molar-refractivity contribution in [3.8, 4) is 5.75 Å². The number of hydrogen-bond donors (Lipinski definition) is 3. The van der Waals surface area contributed by atoms with E-state index >= 15 is 0 Å². The largest absolute Gasteiger partial charge is 0.484 e. The fraction of sp³-hybridized carbons (Fsp3) is 0.0625. The maximum atomic E-state index is 11.9. The van der Waals surface area contributed by atoms with Crippen LogP contribution in [-0.2, 0) is 4.79 Å². The minimum atomic E-state index is -0.478. The third kappa shape index (κ3) is 6.33. The fourth-order valence-corrected chi connectivity index (χ4v) is 2.35. The number of thiocarbonyl (C=S) groups is 1. The standard InChI is InChI=1S/C16H13BrClN3O3S/c17-10-5-7-11(8-6-10)24-9-14(22)19-16(25)21-20-15(23)12-3-1-2-4-13(12)18/h1-8H,9H2,(H,20,23)(H2,19,21,22,25). The number of carbonyl (C=O) groups excluding carboxylic acids is 2. The lowest BCUT2D eigenvalue weighted by Gasteiger charge is -2.12. The van der Waals surface area contributed by atoms with Gasteiger partial charge >= 0.3 is 0 Å². The smallest absolute Gasteiger partial charge is 0.271 e. The zero-order valence-electron chi connectivity index (χ0n) is 12.7. The van der Waals surface area contributed by atoms with Crippen molar-refractivity contribution in [2.75, 3.05) is 6.61 Å². The molecule has 6 nitrogen and oxygen atoms in total. The van der Waals surface area contributed by atoms with Crippen molar-refractivity contribution in [1.82, 2.24) is 16.2 Å². The van der Waals surface area contributed by atoms with Crippen LogP contribution >= 0.6 is 39.7 Å². The van der Waals surface area contributed by atoms with E-state index in [4.69, 9.17) is 28.6 Å². The van der Waals surface area contributed by atoms with Gasteiger partial charge in [0.1, 0.15) is 5.75 Å². The number of hydrazine groups is 1. The van der Waals surface area contributed by atoms with Crippen LogP contribution in [0.2, 0.25) is 5.02 Å². The Balaban J connectivity index is 1.74. The van der Waals surface area contributed by atoms with Gasteiger partial charge in [-0.3, -0.25) is 25.8 Å². The Hall–Kier alpha value is -2.16. The molecule has 0 saturated carbocycles. The Morgan fingerprint density at radius 1 is 1.08 bits per heavy atom. The average Bonchev–Trinajstić information content (AvgIpc) is 2.59. The quantitative estimate of drug-likeness (QED) is 0.501. The molecule has 0 saturated heterocycles. The van der Waals surface area contributed by atoms with Gasteiger partial charge in [-0.25, -0.2) is 0 Å². The third-order valence-corrected chi connectivity index (χ3v) is 3.91. The maximum absolute atomic E-state index is 11.9. The SMILES string of the molecule is O=C(COc1ccc(Br)cc1)NC(=S)NNC(=O)c1ccccc1Cl. The first-order valence-corrected chi connectivity index (χ1v) is 8.56. The number of ether oxygens (including phenoxy) is 1. The highest BCUT2D eigenvalue weighted by Gasteiger charge is 2.10. The predicted molar refractivity (Wildman–Crippen MR) is 102 cm³/mol. The molecule has 0 aliphatic rings. The molecule has 3 N–H and O–H groups in total. The van der Waals surface area contributed by atoms with Crippen LogP contribution in [0, 0.1) is 0 Å². The number of amides is 2. The lowest BCUT2D eigenvalue weighted by molar-refractivity contribution is -0.121. The maximum Gasteiger partial charge on any atom is 0.271 e. The number of carbonyl (C=O) groups is 2. The molecule has 0 atom stereocenters. The van der Waals surface area contributed by atoms with Crippen molar-refractivity contribution >= 4 is 56.7 Å². The van der Waals surface area contributed by atoms with Crippen molar-refractivity contribution < 1.29 is 14.3 Å². The van der Waals surface area contributed by atoms with E-state index in [0.717, 1.165) is 4.47 Å². The van der Waals surface area contributed by atoms with Gasteiger partial charge in [-0.05, 0) is 48.6 Å². The second-order valence-electron chi connectivity index (χ2n) is 4.68. The summed E-state index contributed by atoms with van der Waals surface area (Å²) < 4.78 is 6.22. The summed E-state index contributed by atoms with van der Waals surface area (Å²) in [6, 6.07) is 13.6. The molecule has 0 spiro atoms. The second-order valence-corrected chi connectivity index (χ2v) is 6.41. The average molecular weight is 443 g/mol. The van der Waals surface area contributed by atoms with E-state index in [-0.39, 0.29) is 17.3 Å². The van der Waals surface area contributed by atoms with Crippen LogP contribution in [0.5, 0.6) is 5.75 Å². The molecule has 0 fully saturated rings. The van der Waals surface area contributed by atoms with Gasteiger partial charge in [0.25, 0.3) is 11.8 Å². The Morgan fingerprint density at radius 2 is 1.76 bits per heavy atom. The molecule has 0 aromatic heterocycles. The van der Waals surface area contributed by atoms with E-state index in [1.165, 1.54) is 0 Å². The van der Waals surface area contributed by atoms with Gasteiger partial charge in [0.05, 0.1) is 10.6 Å². The summed E-state index contributed by atoms with van der Waals surface area (Å²) in [5.74, 6) is -0.398. The van der Waals surface area contributed by atoms with Crippen molar-refractivity contribution in [2.45, 2.75) is 0 Å². The number of benzene rings is 2. The monoisotopic (exact) mass is 441 g/mol. The predicted octanol–water partition coefficient (Wildman–Crippen LogP) is 2.82. The molecule has 0 radical (unpaired) electrons. The molecule has 25 heavy (non-hydrogen) atoms. The van der Waals surface area contributed by atoms with Crippen molar-refractivity contribution in [3.05, 3.63) is 63.6 Å². The molecule has 0 aliphatic heterocycles. The zero-order valence-corrected chi connectivity index (χ0v) is 15.9. The Labute approximate surface area is 163 Å². The molecular weight excluding hydrogens is 430 g/mol. The van der Waals surface area contributed by atoms with Crippen molar-refractivity contribution in [3.63, 3.8) is 0 Å². The lowest BCUT2D eigenvalue weighted by atomic mass is 10.2. The normalized spacial score (nSPS) is 9.84. The molecule has 2 amide bonds. The molecule has 0 bridgehead atoms. The Morgan fingerprint density at radius 3 is 2.44 bits per heavy atom.